The van der Waals surface area contributed by atoms with E-state index in [2.05, 4.69) is 22.5 Å². The normalized spacial score (nSPS) is 15.3. The number of aliphatic hydroxyl groups excluding tert-OH is 1. The predicted octanol–water partition coefficient (Wildman–Crippen LogP) is 2.40. The number of hydrogen-bond donors (Lipinski definition) is 1. The topological polar surface area (TPSA) is 38.7 Å². The SMILES string of the molecule is C=CC(O)c1cc2c(cc1Br)OCO2. The Morgan fingerprint density at radius 3 is 2.71 bits per heavy atom. The van der Waals surface area contributed by atoms with E-state index in [9.17, 15) is 5.11 Å². The molecule has 0 amide bonds. The van der Waals surface area contributed by atoms with E-state index in [0.717, 1.165) is 10.0 Å². The Kier molecular flexibility index (Phi) is 2.48. The molecule has 1 N–H and O–H groups in total. The average molecular weight is 257 g/mol. The van der Waals surface area contributed by atoms with E-state index >= 15 is 0 Å². The highest BCUT2D eigenvalue weighted by molar-refractivity contribution is 9.10. The number of fused-ring (bicyclic) bond motifs is 1. The molecule has 1 atom stereocenters. The van der Waals surface area contributed by atoms with Crippen LogP contribution in [-0.4, -0.2) is 11.9 Å². The van der Waals surface area contributed by atoms with Crippen LogP contribution >= 0.6 is 15.9 Å². The molecular formula is C10H9BrO3. The number of benzene rings is 1. The fraction of sp³-hybridized carbons (Fsp3) is 0.200. The van der Waals surface area contributed by atoms with Crippen LogP contribution in [0.15, 0.2) is 29.3 Å². The van der Waals surface area contributed by atoms with Gasteiger partial charge in [0.15, 0.2) is 11.5 Å². The Labute approximate surface area is 90.1 Å². The van der Waals surface area contributed by atoms with Gasteiger partial charge in [-0.2, -0.15) is 0 Å². The van der Waals surface area contributed by atoms with Crippen molar-refractivity contribution in [3.8, 4) is 11.5 Å². The number of ether oxygens (including phenoxy) is 2. The van der Waals surface area contributed by atoms with Crippen LogP contribution in [0.2, 0.25) is 0 Å². The van der Waals surface area contributed by atoms with Crippen molar-refractivity contribution in [1.82, 2.24) is 0 Å². The highest BCUT2D eigenvalue weighted by Gasteiger charge is 2.18. The first-order valence-electron chi connectivity index (χ1n) is 4.12. The van der Waals surface area contributed by atoms with Gasteiger partial charge in [-0.1, -0.05) is 22.0 Å². The van der Waals surface area contributed by atoms with Gasteiger partial charge in [-0.15, -0.1) is 6.58 Å². The summed E-state index contributed by atoms with van der Waals surface area (Å²) in [7, 11) is 0. The van der Waals surface area contributed by atoms with Crippen molar-refractivity contribution in [2.45, 2.75) is 6.10 Å². The van der Waals surface area contributed by atoms with Gasteiger partial charge in [0.1, 0.15) is 0 Å². The lowest BCUT2D eigenvalue weighted by Crippen LogP contribution is -1.94. The zero-order valence-electron chi connectivity index (χ0n) is 7.37. The number of rotatable bonds is 2. The third-order valence-corrected chi connectivity index (χ3v) is 2.72. The molecular weight excluding hydrogens is 248 g/mol. The predicted molar refractivity (Wildman–Crippen MR) is 55.4 cm³/mol. The Balaban J connectivity index is 2.47. The van der Waals surface area contributed by atoms with Gasteiger partial charge in [-0.3, -0.25) is 0 Å². The molecule has 1 aromatic carbocycles. The minimum atomic E-state index is -0.695. The van der Waals surface area contributed by atoms with Gasteiger partial charge in [-0.05, 0) is 12.1 Å². The maximum Gasteiger partial charge on any atom is 0.231 e. The summed E-state index contributed by atoms with van der Waals surface area (Å²) in [5, 5.41) is 9.60. The van der Waals surface area contributed by atoms with Crippen LogP contribution in [0, 0.1) is 0 Å². The van der Waals surface area contributed by atoms with E-state index < -0.39 is 6.10 Å². The number of hydrogen-bond acceptors (Lipinski definition) is 3. The second-order valence-electron chi connectivity index (χ2n) is 2.91. The summed E-state index contributed by atoms with van der Waals surface area (Å²) < 4.78 is 11.2. The number of aliphatic hydroxyl groups is 1. The molecule has 74 valence electrons. The molecule has 0 radical (unpaired) electrons. The van der Waals surface area contributed by atoms with Crippen molar-refractivity contribution in [2.75, 3.05) is 6.79 Å². The second kappa shape index (κ2) is 3.63. The fourth-order valence-corrected chi connectivity index (χ4v) is 1.84. The molecule has 0 aliphatic carbocycles. The fourth-order valence-electron chi connectivity index (χ4n) is 1.29. The van der Waals surface area contributed by atoms with Crippen molar-refractivity contribution in [2.24, 2.45) is 0 Å². The molecule has 1 unspecified atom stereocenters. The van der Waals surface area contributed by atoms with Gasteiger partial charge in [0, 0.05) is 10.0 Å². The van der Waals surface area contributed by atoms with E-state index in [1.54, 1.807) is 12.1 Å². The van der Waals surface area contributed by atoms with Crippen molar-refractivity contribution < 1.29 is 14.6 Å². The van der Waals surface area contributed by atoms with Gasteiger partial charge in [0.25, 0.3) is 0 Å². The van der Waals surface area contributed by atoms with E-state index in [4.69, 9.17) is 9.47 Å². The Bertz CT molecular complexity index is 376. The summed E-state index contributed by atoms with van der Waals surface area (Å²) in [6, 6.07) is 3.53. The molecule has 0 fully saturated rings. The quantitative estimate of drug-likeness (QED) is 0.827. The van der Waals surface area contributed by atoms with Crippen LogP contribution in [0.25, 0.3) is 0 Å². The molecule has 14 heavy (non-hydrogen) atoms. The summed E-state index contributed by atoms with van der Waals surface area (Å²) >= 11 is 3.35. The van der Waals surface area contributed by atoms with Gasteiger partial charge in [-0.25, -0.2) is 0 Å². The molecule has 1 aliphatic heterocycles. The minimum Gasteiger partial charge on any atom is -0.454 e. The van der Waals surface area contributed by atoms with Crippen molar-refractivity contribution in [3.63, 3.8) is 0 Å². The Morgan fingerprint density at radius 2 is 2.07 bits per heavy atom. The molecule has 4 heteroatoms. The molecule has 1 aromatic rings. The lowest BCUT2D eigenvalue weighted by molar-refractivity contribution is 0.173. The van der Waals surface area contributed by atoms with Crippen LogP contribution in [0.1, 0.15) is 11.7 Å². The Hall–Kier alpha value is -1.00. The zero-order chi connectivity index (χ0) is 10.1. The van der Waals surface area contributed by atoms with E-state index in [1.165, 1.54) is 6.08 Å². The first-order chi connectivity index (χ1) is 6.72. The molecule has 0 spiro atoms. The first kappa shape index (κ1) is 9.55. The second-order valence-corrected chi connectivity index (χ2v) is 3.76. The summed E-state index contributed by atoms with van der Waals surface area (Å²) in [5.74, 6) is 1.35. The molecule has 3 nitrogen and oxygen atoms in total. The minimum absolute atomic E-state index is 0.232. The van der Waals surface area contributed by atoms with Crippen molar-refractivity contribution in [3.05, 3.63) is 34.8 Å². The maximum absolute atomic E-state index is 9.60. The van der Waals surface area contributed by atoms with E-state index in [0.29, 0.717) is 11.5 Å². The van der Waals surface area contributed by atoms with Gasteiger partial charge >= 0.3 is 0 Å². The molecule has 0 bridgehead atoms. The monoisotopic (exact) mass is 256 g/mol. The standard InChI is InChI=1S/C10H9BrO3/c1-2-8(12)6-3-9-10(4-7(6)11)14-5-13-9/h2-4,8,12H,1,5H2. The van der Waals surface area contributed by atoms with Gasteiger partial charge in [0.2, 0.25) is 6.79 Å². The van der Waals surface area contributed by atoms with E-state index in [-0.39, 0.29) is 6.79 Å². The average Bonchev–Trinajstić information content (AvgIpc) is 2.62. The molecule has 0 saturated heterocycles. The highest BCUT2D eigenvalue weighted by Crippen LogP contribution is 2.39. The zero-order valence-corrected chi connectivity index (χ0v) is 8.95. The van der Waals surface area contributed by atoms with E-state index in [1.807, 2.05) is 0 Å². The first-order valence-corrected chi connectivity index (χ1v) is 4.91. The van der Waals surface area contributed by atoms with Crippen LogP contribution in [0.3, 0.4) is 0 Å². The van der Waals surface area contributed by atoms with Crippen LogP contribution in [0.4, 0.5) is 0 Å². The van der Waals surface area contributed by atoms with Crippen LogP contribution < -0.4 is 9.47 Å². The maximum atomic E-state index is 9.60. The van der Waals surface area contributed by atoms with Gasteiger partial charge in [0.05, 0.1) is 6.10 Å². The van der Waals surface area contributed by atoms with Crippen LogP contribution in [-0.2, 0) is 0 Å². The number of halogens is 1. The smallest absolute Gasteiger partial charge is 0.231 e. The Morgan fingerprint density at radius 1 is 1.43 bits per heavy atom. The van der Waals surface area contributed by atoms with Crippen molar-refractivity contribution >= 4 is 15.9 Å². The largest absolute Gasteiger partial charge is 0.454 e. The molecule has 2 rings (SSSR count). The third kappa shape index (κ3) is 1.51. The molecule has 0 aromatic heterocycles. The van der Waals surface area contributed by atoms with Crippen molar-refractivity contribution in [1.29, 1.82) is 0 Å². The molecule has 1 heterocycles. The molecule has 0 saturated carbocycles. The lowest BCUT2D eigenvalue weighted by atomic mass is 10.1. The summed E-state index contributed by atoms with van der Waals surface area (Å²) in [5.41, 5.74) is 0.726. The summed E-state index contributed by atoms with van der Waals surface area (Å²) in [4.78, 5) is 0. The summed E-state index contributed by atoms with van der Waals surface area (Å²) in [6.45, 7) is 3.76. The van der Waals surface area contributed by atoms with Crippen LogP contribution in [0.5, 0.6) is 11.5 Å². The molecule has 1 aliphatic rings. The third-order valence-electron chi connectivity index (χ3n) is 2.03. The highest BCUT2D eigenvalue weighted by atomic mass is 79.9. The lowest BCUT2D eigenvalue weighted by Gasteiger charge is -2.09. The van der Waals surface area contributed by atoms with Gasteiger partial charge < -0.3 is 14.6 Å². The summed E-state index contributed by atoms with van der Waals surface area (Å²) in [6.07, 6.45) is 0.765.